The molecule has 30 heavy (non-hydrogen) atoms. The van der Waals surface area contributed by atoms with Crippen molar-refractivity contribution in [3.8, 4) is 0 Å². The van der Waals surface area contributed by atoms with Gasteiger partial charge in [-0.25, -0.2) is 0 Å². The van der Waals surface area contributed by atoms with Gasteiger partial charge in [-0.3, -0.25) is 29.1 Å². The summed E-state index contributed by atoms with van der Waals surface area (Å²) in [5, 5.41) is 21.0. The third-order valence-electron chi connectivity index (χ3n) is 7.33. The molecule has 0 saturated carbocycles. The summed E-state index contributed by atoms with van der Waals surface area (Å²) in [6.45, 7) is 3.20. The van der Waals surface area contributed by atoms with Crippen molar-refractivity contribution < 1.29 is 24.6 Å². The molecule has 0 aliphatic carbocycles. The molecule has 9 heteroatoms. The molecule has 8 atom stereocenters. The van der Waals surface area contributed by atoms with Crippen LogP contribution in [0.1, 0.15) is 26.2 Å². The van der Waals surface area contributed by atoms with Gasteiger partial charge in [-0.1, -0.05) is 0 Å². The molecule has 0 aromatic carbocycles. The Morgan fingerprint density at radius 1 is 0.867 bits per heavy atom. The average molecular weight is 425 g/mol. The minimum atomic E-state index is -0.936. The number of nitrogens with zero attached hydrogens (tertiary/aromatic N) is 3. The average Bonchev–Trinajstić information content (AvgIpc) is 3.21. The van der Waals surface area contributed by atoms with Crippen molar-refractivity contribution in [2.45, 2.75) is 62.6 Å². The molecule has 0 bridgehead atoms. The number of likely N-dealkylation sites (N-methyl/N-ethyl adjacent to an activating group) is 3. The fourth-order valence-electron chi connectivity index (χ4n) is 5.82. The molecule has 3 saturated heterocycles. The summed E-state index contributed by atoms with van der Waals surface area (Å²) in [7, 11) is 5.44. The monoisotopic (exact) mass is 424 g/mol. The summed E-state index contributed by atoms with van der Waals surface area (Å²) < 4.78 is 0. The Labute approximate surface area is 178 Å². The predicted octanol–water partition coefficient (Wildman–Crippen LogP) is -1.89. The van der Waals surface area contributed by atoms with Crippen molar-refractivity contribution in [1.82, 2.24) is 14.7 Å². The van der Waals surface area contributed by atoms with Crippen molar-refractivity contribution in [3.63, 3.8) is 0 Å². The van der Waals surface area contributed by atoms with E-state index in [9.17, 15) is 24.6 Å². The first kappa shape index (κ1) is 23.4. The third-order valence-corrected chi connectivity index (χ3v) is 7.33. The molecule has 3 aliphatic heterocycles. The van der Waals surface area contributed by atoms with Crippen LogP contribution in [0.4, 0.5) is 0 Å². The van der Waals surface area contributed by atoms with E-state index in [2.05, 4.69) is 0 Å². The van der Waals surface area contributed by atoms with E-state index in [1.807, 2.05) is 28.8 Å². The Morgan fingerprint density at radius 2 is 1.40 bits per heavy atom. The van der Waals surface area contributed by atoms with Crippen LogP contribution in [-0.4, -0.2) is 119 Å². The highest BCUT2D eigenvalue weighted by Crippen LogP contribution is 2.31. The van der Waals surface area contributed by atoms with Gasteiger partial charge >= 0.3 is 0 Å². The van der Waals surface area contributed by atoms with Gasteiger partial charge in [-0.15, -0.1) is 0 Å². The van der Waals surface area contributed by atoms with Crippen LogP contribution in [0, 0.1) is 11.8 Å². The molecule has 3 fully saturated rings. The standard InChI is InChI=1S/C21H36N4O5/c1-11(26)18-17(22)12(9-24(18)3)7-16(29)20-21(30)13(10-25(20)4)8-15(28)19-14(27)5-6-23(19)2/h12-14,17-21,27,30H,5-10,22H2,1-4H3/t12?,13?,14-,17-,18+,19-,20+,21+/m0/s1. The van der Waals surface area contributed by atoms with Crippen LogP contribution in [0.25, 0.3) is 0 Å². The van der Waals surface area contributed by atoms with Crippen LogP contribution in [0.2, 0.25) is 0 Å². The van der Waals surface area contributed by atoms with Crippen LogP contribution in [0.3, 0.4) is 0 Å². The summed E-state index contributed by atoms with van der Waals surface area (Å²) in [5.41, 5.74) is 6.26. The van der Waals surface area contributed by atoms with Gasteiger partial charge in [0, 0.05) is 44.4 Å². The predicted molar refractivity (Wildman–Crippen MR) is 111 cm³/mol. The normalized spacial score (nSPS) is 40.9. The maximum atomic E-state index is 13.0. The fourth-order valence-corrected chi connectivity index (χ4v) is 5.82. The number of rotatable bonds is 7. The van der Waals surface area contributed by atoms with E-state index in [4.69, 9.17) is 5.73 Å². The molecule has 0 aromatic rings. The lowest BCUT2D eigenvalue weighted by Gasteiger charge is -2.25. The second-order valence-electron chi connectivity index (χ2n) is 9.59. The number of aliphatic hydroxyl groups excluding tert-OH is 2. The molecule has 3 heterocycles. The first-order valence-corrected chi connectivity index (χ1v) is 10.8. The second kappa shape index (κ2) is 9.10. The van der Waals surface area contributed by atoms with Crippen LogP contribution in [0.5, 0.6) is 0 Å². The van der Waals surface area contributed by atoms with Gasteiger partial charge in [0.25, 0.3) is 0 Å². The molecule has 0 radical (unpaired) electrons. The molecule has 9 nitrogen and oxygen atoms in total. The molecule has 3 aliphatic rings. The van der Waals surface area contributed by atoms with Crippen molar-refractivity contribution in [3.05, 3.63) is 0 Å². The van der Waals surface area contributed by atoms with Gasteiger partial charge < -0.3 is 15.9 Å². The fraction of sp³-hybridized carbons (Fsp3) is 0.857. The zero-order valence-corrected chi connectivity index (χ0v) is 18.4. The van der Waals surface area contributed by atoms with Gasteiger partial charge in [0.15, 0.2) is 11.6 Å². The highest BCUT2D eigenvalue weighted by molar-refractivity contribution is 5.88. The number of nitrogens with two attached hydrogens (primary N) is 1. The number of carbonyl (C=O) groups is 3. The Morgan fingerprint density at radius 3 is 1.93 bits per heavy atom. The van der Waals surface area contributed by atoms with E-state index in [-0.39, 0.29) is 48.1 Å². The van der Waals surface area contributed by atoms with Crippen molar-refractivity contribution >= 4 is 17.3 Å². The lowest BCUT2D eigenvalue weighted by atomic mass is 9.87. The van der Waals surface area contributed by atoms with Crippen LogP contribution < -0.4 is 5.73 Å². The molecule has 4 N–H and O–H groups in total. The smallest absolute Gasteiger partial charge is 0.153 e. The molecule has 0 amide bonds. The number of ketones is 3. The summed E-state index contributed by atoms with van der Waals surface area (Å²) in [5.74, 6) is -0.675. The number of hydrogen-bond donors (Lipinski definition) is 3. The van der Waals surface area contributed by atoms with E-state index in [0.717, 1.165) is 0 Å². The first-order valence-electron chi connectivity index (χ1n) is 10.8. The minimum absolute atomic E-state index is 0.00406. The molecule has 0 aromatic heterocycles. The van der Waals surface area contributed by atoms with Crippen molar-refractivity contribution in [2.24, 2.45) is 17.6 Å². The lowest BCUT2D eigenvalue weighted by molar-refractivity contribution is -0.129. The molecule has 3 rings (SSSR count). The molecule has 2 unspecified atom stereocenters. The molecule has 170 valence electrons. The Hall–Kier alpha value is -1.23. The van der Waals surface area contributed by atoms with E-state index < -0.39 is 30.3 Å². The summed E-state index contributed by atoms with van der Waals surface area (Å²) in [4.78, 5) is 43.2. The first-order chi connectivity index (χ1) is 14.0. The SMILES string of the molecule is CC(=O)[C@@H]1[C@@H](N)C(CC(=O)[C@@H]2[C@H](O)C(CC(=O)[C@@H]3[C@@H](O)CCN3C)CN2C)CN1C. The number of likely N-dealkylation sites (tertiary alicyclic amines) is 3. The Balaban J connectivity index is 1.61. The van der Waals surface area contributed by atoms with E-state index in [1.165, 1.54) is 6.92 Å². The number of Topliss-reactive ketones (excluding diaryl/α,β-unsaturated/α-hetero) is 3. The van der Waals surface area contributed by atoms with Crippen molar-refractivity contribution in [1.29, 1.82) is 0 Å². The van der Waals surface area contributed by atoms with Crippen LogP contribution in [0.15, 0.2) is 0 Å². The van der Waals surface area contributed by atoms with E-state index in [1.54, 1.807) is 7.05 Å². The second-order valence-corrected chi connectivity index (χ2v) is 9.59. The molecular weight excluding hydrogens is 388 g/mol. The lowest BCUT2D eigenvalue weighted by Crippen LogP contribution is -2.46. The maximum Gasteiger partial charge on any atom is 0.153 e. The van der Waals surface area contributed by atoms with Crippen LogP contribution in [-0.2, 0) is 14.4 Å². The van der Waals surface area contributed by atoms with E-state index in [0.29, 0.717) is 26.1 Å². The van der Waals surface area contributed by atoms with E-state index >= 15 is 0 Å². The van der Waals surface area contributed by atoms with Gasteiger partial charge in [-0.2, -0.15) is 0 Å². The zero-order valence-electron chi connectivity index (χ0n) is 18.4. The summed E-state index contributed by atoms with van der Waals surface area (Å²) in [6, 6.07) is -2.00. The largest absolute Gasteiger partial charge is 0.391 e. The zero-order chi connectivity index (χ0) is 22.3. The molecule has 0 spiro atoms. The molecular formula is C21H36N4O5. The summed E-state index contributed by atoms with van der Waals surface area (Å²) in [6.07, 6.45) is -0.704. The highest BCUT2D eigenvalue weighted by atomic mass is 16.3. The highest BCUT2D eigenvalue weighted by Gasteiger charge is 2.47. The quantitative estimate of drug-likeness (QED) is 0.430. The van der Waals surface area contributed by atoms with Crippen LogP contribution >= 0.6 is 0 Å². The topological polar surface area (TPSA) is 127 Å². The van der Waals surface area contributed by atoms with Crippen molar-refractivity contribution in [2.75, 3.05) is 40.8 Å². The number of aliphatic hydroxyl groups is 2. The van der Waals surface area contributed by atoms with Gasteiger partial charge in [0.2, 0.25) is 0 Å². The minimum Gasteiger partial charge on any atom is -0.391 e. The van der Waals surface area contributed by atoms with Gasteiger partial charge in [0.05, 0.1) is 30.3 Å². The van der Waals surface area contributed by atoms with Gasteiger partial charge in [-0.05, 0) is 40.4 Å². The summed E-state index contributed by atoms with van der Waals surface area (Å²) >= 11 is 0. The third kappa shape index (κ3) is 4.37. The number of carbonyl (C=O) groups excluding carboxylic acids is 3. The van der Waals surface area contributed by atoms with Gasteiger partial charge in [0.1, 0.15) is 5.78 Å². The Kier molecular flexibility index (Phi) is 7.11. The maximum absolute atomic E-state index is 13.0. The number of hydrogen-bond acceptors (Lipinski definition) is 9. The Bertz CT molecular complexity index is 678.